The van der Waals surface area contributed by atoms with Crippen molar-refractivity contribution in [2.75, 3.05) is 0 Å². The van der Waals surface area contributed by atoms with Crippen LogP contribution >= 0.6 is 0 Å². The number of rotatable bonds is 7. The molecular weight excluding hydrogens is 412 g/mol. The predicted molar refractivity (Wildman–Crippen MR) is 117 cm³/mol. The Hall–Kier alpha value is -1.84. The van der Waals surface area contributed by atoms with Crippen molar-refractivity contribution < 1.29 is 33.5 Å². The van der Waals surface area contributed by atoms with Gasteiger partial charge in [0.1, 0.15) is 12.2 Å². The summed E-state index contributed by atoms with van der Waals surface area (Å²) in [6.45, 7) is 6.18. The third-order valence-corrected chi connectivity index (χ3v) is 5.67. The molecule has 0 bridgehead atoms. The average Bonchev–Trinajstić information content (AvgIpc) is 2.79. The van der Waals surface area contributed by atoms with E-state index in [-0.39, 0.29) is 30.5 Å². The van der Waals surface area contributed by atoms with Crippen LogP contribution in [0, 0.1) is 0 Å². The molecule has 7 heteroatoms. The van der Waals surface area contributed by atoms with E-state index in [1.807, 2.05) is 75.4 Å². The van der Waals surface area contributed by atoms with Gasteiger partial charge in [-0.25, -0.2) is 0 Å². The van der Waals surface area contributed by atoms with E-state index in [2.05, 4.69) is 0 Å². The summed E-state index contributed by atoms with van der Waals surface area (Å²) in [5.41, 5.74) is 1.10. The second kappa shape index (κ2) is 10.9. The summed E-state index contributed by atoms with van der Waals surface area (Å²) in [6.07, 6.45) is 7.71. The molecule has 0 radical (unpaired) electrons. The topological polar surface area (TPSA) is 75.6 Å². The smallest absolute Gasteiger partial charge is 0.178 e. The Morgan fingerprint density at radius 2 is 1.22 bits per heavy atom. The van der Waals surface area contributed by atoms with E-state index in [9.17, 15) is 5.11 Å². The molecule has 3 aliphatic heterocycles. The van der Waals surface area contributed by atoms with E-state index in [1.165, 1.54) is 0 Å². The maximum absolute atomic E-state index is 9.72. The van der Waals surface area contributed by atoms with Crippen LogP contribution in [0.5, 0.6) is 0 Å². The van der Waals surface area contributed by atoms with E-state index in [0.29, 0.717) is 6.61 Å². The minimum Gasteiger partial charge on any atom is -0.386 e. The van der Waals surface area contributed by atoms with Gasteiger partial charge in [-0.1, -0.05) is 48.6 Å². The lowest BCUT2D eigenvalue weighted by Crippen LogP contribution is -2.43. The minimum atomic E-state index is -0.612. The first kappa shape index (κ1) is 23.3. The molecule has 0 aliphatic carbocycles. The first-order chi connectivity index (χ1) is 15.5. The zero-order valence-corrected chi connectivity index (χ0v) is 18.7. The Labute approximate surface area is 189 Å². The molecular formula is C25H32O7. The highest BCUT2D eigenvalue weighted by Gasteiger charge is 2.32. The molecule has 0 saturated heterocycles. The Morgan fingerprint density at radius 1 is 0.688 bits per heavy atom. The van der Waals surface area contributed by atoms with Crippen LogP contribution in [0.15, 0.2) is 66.8 Å². The van der Waals surface area contributed by atoms with E-state index < -0.39 is 25.0 Å². The van der Waals surface area contributed by atoms with Crippen LogP contribution in [0.1, 0.15) is 26.3 Å². The van der Waals surface area contributed by atoms with Gasteiger partial charge in [-0.2, -0.15) is 0 Å². The second-order valence-electron chi connectivity index (χ2n) is 8.27. The highest BCUT2D eigenvalue weighted by atomic mass is 16.7. The van der Waals surface area contributed by atoms with Gasteiger partial charge in [0.15, 0.2) is 18.9 Å². The summed E-state index contributed by atoms with van der Waals surface area (Å²) in [7, 11) is 0. The maximum atomic E-state index is 9.72. The molecule has 9 atom stereocenters. The van der Waals surface area contributed by atoms with Crippen molar-refractivity contribution >= 4 is 0 Å². The molecule has 3 heterocycles. The van der Waals surface area contributed by atoms with Gasteiger partial charge < -0.3 is 33.5 Å². The van der Waals surface area contributed by atoms with Crippen molar-refractivity contribution in [2.24, 2.45) is 0 Å². The van der Waals surface area contributed by atoms with Gasteiger partial charge in [-0.05, 0) is 44.6 Å². The van der Waals surface area contributed by atoms with Crippen molar-refractivity contribution in [3.05, 3.63) is 72.4 Å². The van der Waals surface area contributed by atoms with Gasteiger partial charge in [-0.15, -0.1) is 0 Å². The highest BCUT2D eigenvalue weighted by Crippen LogP contribution is 2.25. The van der Waals surface area contributed by atoms with E-state index in [4.69, 9.17) is 28.4 Å². The second-order valence-corrected chi connectivity index (χ2v) is 8.27. The van der Waals surface area contributed by atoms with Gasteiger partial charge in [0.25, 0.3) is 0 Å². The SMILES string of the molecule is C[C@@H]1O[C@@H](O[C@H]2C=C[C@@H](OCc3ccccc3)O[C@@H]2C)C=C[C@H]1O[C@@H]1C=C[C@H](O)[C@@H](C)O1. The molecule has 0 unspecified atom stereocenters. The standard InChI is InChI=1S/C25H32O7/c1-16-20(26)9-12-24(28-16)31-22-11-14-25(30-18(22)3)32-21-10-13-23(29-17(21)2)27-15-19-7-5-4-6-8-19/h4-14,16-18,20-26H,15H2,1-3H3/t16-,17-,18+,20+,21+,22-,23+,24-,25+/m1/s1. The molecule has 3 aliphatic rings. The lowest BCUT2D eigenvalue weighted by atomic mass is 10.1. The molecule has 0 fully saturated rings. The monoisotopic (exact) mass is 444 g/mol. The van der Waals surface area contributed by atoms with Gasteiger partial charge >= 0.3 is 0 Å². The fourth-order valence-electron chi connectivity index (χ4n) is 3.70. The Bertz CT molecular complexity index is 808. The zero-order valence-electron chi connectivity index (χ0n) is 18.7. The molecule has 1 aromatic rings. The Balaban J connectivity index is 1.25. The Morgan fingerprint density at radius 3 is 1.81 bits per heavy atom. The quantitative estimate of drug-likeness (QED) is 0.647. The van der Waals surface area contributed by atoms with Crippen LogP contribution < -0.4 is 0 Å². The summed E-state index contributed by atoms with van der Waals surface area (Å²) in [4.78, 5) is 0. The highest BCUT2D eigenvalue weighted by molar-refractivity contribution is 5.13. The fraction of sp³-hybridized carbons (Fsp3) is 0.520. The molecule has 32 heavy (non-hydrogen) atoms. The van der Waals surface area contributed by atoms with E-state index >= 15 is 0 Å². The molecule has 7 nitrogen and oxygen atoms in total. The van der Waals surface area contributed by atoms with Crippen molar-refractivity contribution in [3.63, 3.8) is 0 Å². The minimum absolute atomic E-state index is 0.184. The maximum Gasteiger partial charge on any atom is 0.178 e. The van der Waals surface area contributed by atoms with Gasteiger partial charge in [0.2, 0.25) is 0 Å². The van der Waals surface area contributed by atoms with Gasteiger partial charge in [0.05, 0.1) is 31.0 Å². The van der Waals surface area contributed by atoms with Crippen LogP contribution in [-0.2, 0) is 35.0 Å². The van der Waals surface area contributed by atoms with Crippen LogP contribution in [0.3, 0.4) is 0 Å². The first-order valence-corrected chi connectivity index (χ1v) is 11.1. The number of ether oxygens (including phenoxy) is 6. The lowest BCUT2D eigenvalue weighted by Gasteiger charge is -2.36. The summed E-state index contributed by atoms with van der Waals surface area (Å²) >= 11 is 0. The molecule has 0 saturated carbocycles. The van der Waals surface area contributed by atoms with E-state index in [1.54, 1.807) is 12.2 Å². The summed E-state index contributed by atoms with van der Waals surface area (Å²) < 4.78 is 35.5. The van der Waals surface area contributed by atoms with Crippen LogP contribution in [-0.4, -0.2) is 60.6 Å². The van der Waals surface area contributed by atoms with Crippen molar-refractivity contribution in [3.8, 4) is 0 Å². The number of aliphatic hydroxyl groups excluding tert-OH is 1. The summed E-state index contributed by atoms with van der Waals surface area (Å²) in [5.74, 6) is 0. The molecule has 1 N–H and O–H groups in total. The molecule has 0 aromatic heterocycles. The van der Waals surface area contributed by atoms with Gasteiger partial charge in [-0.3, -0.25) is 0 Å². The third kappa shape index (κ3) is 6.14. The average molecular weight is 445 g/mol. The number of benzene rings is 1. The molecule has 1 aromatic carbocycles. The molecule has 174 valence electrons. The fourth-order valence-corrected chi connectivity index (χ4v) is 3.70. The van der Waals surface area contributed by atoms with Crippen molar-refractivity contribution in [1.29, 1.82) is 0 Å². The zero-order chi connectivity index (χ0) is 22.5. The normalized spacial score (nSPS) is 39.3. The molecule has 0 spiro atoms. The van der Waals surface area contributed by atoms with Gasteiger partial charge in [0, 0.05) is 0 Å². The summed E-state index contributed by atoms with van der Waals surface area (Å²) in [5, 5.41) is 9.72. The number of hydrogen-bond acceptors (Lipinski definition) is 7. The third-order valence-electron chi connectivity index (χ3n) is 5.67. The predicted octanol–water partition coefficient (Wildman–Crippen LogP) is 3.24. The lowest BCUT2D eigenvalue weighted by molar-refractivity contribution is -0.243. The molecule has 4 rings (SSSR count). The first-order valence-electron chi connectivity index (χ1n) is 11.1. The number of hydrogen-bond donors (Lipinski definition) is 1. The van der Waals surface area contributed by atoms with E-state index in [0.717, 1.165) is 5.56 Å². The Kier molecular flexibility index (Phi) is 7.91. The van der Waals surface area contributed by atoms with Crippen LogP contribution in [0.25, 0.3) is 0 Å². The molecule has 0 amide bonds. The van der Waals surface area contributed by atoms with Crippen molar-refractivity contribution in [2.45, 2.75) is 82.9 Å². The van der Waals surface area contributed by atoms with Crippen molar-refractivity contribution in [1.82, 2.24) is 0 Å². The summed E-state index contributed by atoms with van der Waals surface area (Å²) in [6, 6.07) is 10.00. The van der Waals surface area contributed by atoms with Crippen LogP contribution in [0.2, 0.25) is 0 Å². The van der Waals surface area contributed by atoms with Crippen LogP contribution in [0.4, 0.5) is 0 Å². The largest absolute Gasteiger partial charge is 0.386 e. The number of aliphatic hydroxyl groups is 1.